The van der Waals surface area contributed by atoms with Crippen LogP contribution in [0.25, 0.3) is 11.0 Å². The van der Waals surface area contributed by atoms with Gasteiger partial charge in [0, 0.05) is 18.7 Å². The first-order chi connectivity index (χ1) is 10.0. The van der Waals surface area contributed by atoms with Gasteiger partial charge in [-0.05, 0) is 31.0 Å². The van der Waals surface area contributed by atoms with Crippen molar-refractivity contribution in [3.8, 4) is 0 Å². The number of aliphatic carboxylic acids is 1. The van der Waals surface area contributed by atoms with Gasteiger partial charge in [-0.15, -0.1) is 0 Å². The van der Waals surface area contributed by atoms with Crippen LogP contribution in [0.15, 0.2) is 24.5 Å². The van der Waals surface area contributed by atoms with E-state index >= 15 is 0 Å². The molecule has 0 amide bonds. The fraction of sp³-hybridized carbons (Fsp3) is 0.400. The van der Waals surface area contributed by atoms with Gasteiger partial charge in [0.2, 0.25) is 0 Å². The Morgan fingerprint density at radius 1 is 1.48 bits per heavy atom. The van der Waals surface area contributed by atoms with Crippen LogP contribution in [0.5, 0.6) is 0 Å². The van der Waals surface area contributed by atoms with Gasteiger partial charge in [0.05, 0.1) is 29.8 Å². The van der Waals surface area contributed by atoms with E-state index in [1.807, 2.05) is 17.7 Å². The zero-order valence-corrected chi connectivity index (χ0v) is 11.7. The summed E-state index contributed by atoms with van der Waals surface area (Å²) in [6, 6.07) is 4.90. The van der Waals surface area contributed by atoms with Crippen LogP contribution < -0.4 is 5.32 Å². The molecule has 1 unspecified atom stereocenters. The van der Waals surface area contributed by atoms with Crippen molar-refractivity contribution in [2.24, 2.45) is 7.05 Å². The molecule has 21 heavy (non-hydrogen) atoms. The molecule has 2 aromatic rings. The molecular weight excluding hydrogens is 270 g/mol. The third kappa shape index (κ3) is 2.95. The highest BCUT2D eigenvalue weighted by molar-refractivity contribution is 6.03. The Hall–Kier alpha value is -2.21. The molecule has 0 aliphatic heterocycles. The molecule has 1 atom stereocenters. The topological polar surface area (TPSA) is 84.2 Å². The van der Waals surface area contributed by atoms with Crippen LogP contribution in [-0.4, -0.2) is 38.5 Å². The first kappa shape index (κ1) is 13.8. The Morgan fingerprint density at radius 3 is 2.90 bits per heavy atom. The van der Waals surface area contributed by atoms with E-state index in [1.165, 1.54) is 0 Å². The molecule has 1 aromatic heterocycles. The summed E-state index contributed by atoms with van der Waals surface area (Å²) in [5, 5.41) is 12.1. The first-order valence-corrected chi connectivity index (χ1v) is 6.98. The van der Waals surface area contributed by atoms with E-state index in [4.69, 9.17) is 5.11 Å². The van der Waals surface area contributed by atoms with Crippen LogP contribution in [0.3, 0.4) is 0 Å². The lowest BCUT2D eigenvalue weighted by atomic mass is 10.0. The normalized spacial score (nSPS) is 16.0. The molecule has 1 aromatic carbocycles. The monoisotopic (exact) mass is 287 g/mol. The number of nitrogens with zero attached hydrogens (tertiary/aromatic N) is 2. The highest BCUT2D eigenvalue weighted by Crippen LogP contribution is 2.22. The van der Waals surface area contributed by atoms with Gasteiger partial charge in [-0.1, -0.05) is 0 Å². The average Bonchev–Trinajstić information content (AvgIpc) is 3.19. The molecule has 1 aliphatic carbocycles. The summed E-state index contributed by atoms with van der Waals surface area (Å²) in [4.78, 5) is 27.7. The zero-order chi connectivity index (χ0) is 15.0. The second kappa shape index (κ2) is 5.29. The van der Waals surface area contributed by atoms with E-state index < -0.39 is 12.0 Å². The van der Waals surface area contributed by atoms with Gasteiger partial charge in [-0.3, -0.25) is 9.59 Å². The molecule has 0 radical (unpaired) electrons. The molecule has 1 heterocycles. The average molecular weight is 287 g/mol. The van der Waals surface area contributed by atoms with Gasteiger partial charge >= 0.3 is 5.97 Å². The number of Topliss-reactive ketones (excluding diaryl/α,β-unsaturated/α-hetero) is 1. The highest BCUT2D eigenvalue weighted by atomic mass is 16.4. The third-order valence-corrected chi connectivity index (χ3v) is 3.72. The van der Waals surface area contributed by atoms with E-state index in [-0.39, 0.29) is 18.2 Å². The molecule has 0 spiro atoms. The minimum absolute atomic E-state index is 0.183. The second-order valence-corrected chi connectivity index (χ2v) is 5.51. The Bertz CT molecular complexity index is 703. The number of ketones is 1. The lowest BCUT2D eigenvalue weighted by Crippen LogP contribution is -2.40. The number of carboxylic acids is 1. The van der Waals surface area contributed by atoms with Gasteiger partial charge < -0.3 is 15.0 Å². The number of aromatic nitrogens is 2. The van der Waals surface area contributed by atoms with E-state index in [0.29, 0.717) is 5.56 Å². The Labute approximate surface area is 121 Å². The predicted octanol–water partition coefficient (Wildman–Crippen LogP) is 1.35. The van der Waals surface area contributed by atoms with Gasteiger partial charge in [0.25, 0.3) is 0 Å². The summed E-state index contributed by atoms with van der Waals surface area (Å²) in [5.74, 6) is -1.16. The zero-order valence-electron chi connectivity index (χ0n) is 11.7. The van der Waals surface area contributed by atoms with Crippen LogP contribution in [-0.2, 0) is 11.8 Å². The lowest BCUT2D eigenvalue weighted by molar-refractivity contribution is -0.137. The second-order valence-electron chi connectivity index (χ2n) is 5.51. The molecule has 6 nitrogen and oxygen atoms in total. The Kier molecular flexibility index (Phi) is 3.47. The standard InChI is InChI=1S/C15H17N3O3/c1-18-8-16-11-6-9(2-5-13(11)18)15(21)12(7-14(19)20)17-10-3-4-10/h2,5-6,8,10,12,17H,3-4,7H2,1H3,(H,19,20). The minimum atomic E-state index is -0.972. The maximum atomic E-state index is 12.5. The van der Waals surface area contributed by atoms with Gasteiger partial charge in [-0.25, -0.2) is 4.98 Å². The number of fused-ring (bicyclic) bond motifs is 1. The summed E-state index contributed by atoms with van der Waals surface area (Å²) in [6.45, 7) is 0. The first-order valence-electron chi connectivity index (χ1n) is 6.98. The number of rotatable bonds is 6. The van der Waals surface area contributed by atoms with Crippen LogP contribution in [0.1, 0.15) is 29.6 Å². The molecule has 1 saturated carbocycles. The van der Waals surface area contributed by atoms with Crippen molar-refractivity contribution in [3.05, 3.63) is 30.1 Å². The molecule has 2 N–H and O–H groups in total. The van der Waals surface area contributed by atoms with E-state index in [2.05, 4.69) is 10.3 Å². The van der Waals surface area contributed by atoms with Crippen LogP contribution in [0.4, 0.5) is 0 Å². The molecule has 3 rings (SSSR count). The van der Waals surface area contributed by atoms with Crippen LogP contribution in [0, 0.1) is 0 Å². The molecule has 1 aliphatic rings. The lowest BCUT2D eigenvalue weighted by Gasteiger charge is -2.15. The van der Waals surface area contributed by atoms with Crippen molar-refractivity contribution in [1.82, 2.24) is 14.9 Å². The smallest absolute Gasteiger partial charge is 0.305 e. The highest BCUT2D eigenvalue weighted by Gasteiger charge is 2.30. The quantitative estimate of drug-likeness (QED) is 0.783. The summed E-state index contributed by atoms with van der Waals surface area (Å²) >= 11 is 0. The number of nitrogens with one attached hydrogen (secondary N) is 1. The number of carbonyl (C=O) groups excluding carboxylic acids is 1. The van der Waals surface area contributed by atoms with Crippen molar-refractivity contribution < 1.29 is 14.7 Å². The maximum Gasteiger partial charge on any atom is 0.305 e. The summed E-state index contributed by atoms with van der Waals surface area (Å²) < 4.78 is 1.88. The van der Waals surface area contributed by atoms with Crippen molar-refractivity contribution in [3.63, 3.8) is 0 Å². The predicted molar refractivity (Wildman–Crippen MR) is 77.2 cm³/mol. The van der Waals surface area contributed by atoms with Crippen molar-refractivity contribution in [2.45, 2.75) is 31.3 Å². The minimum Gasteiger partial charge on any atom is -0.481 e. The van der Waals surface area contributed by atoms with E-state index in [0.717, 1.165) is 23.9 Å². The molecular formula is C15H17N3O3. The van der Waals surface area contributed by atoms with Gasteiger partial charge in [-0.2, -0.15) is 0 Å². The summed E-state index contributed by atoms with van der Waals surface area (Å²) in [5.41, 5.74) is 2.18. The Balaban J connectivity index is 1.86. The number of aryl methyl sites for hydroxylation is 1. The number of hydrogen-bond acceptors (Lipinski definition) is 4. The molecule has 1 fully saturated rings. The van der Waals surface area contributed by atoms with Gasteiger partial charge in [0.1, 0.15) is 0 Å². The van der Waals surface area contributed by atoms with Crippen molar-refractivity contribution in [1.29, 1.82) is 0 Å². The number of hydrogen-bond donors (Lipinski definition) is 2. The molecule has 0 bridgehead atoms. The van der Waals surface area contributed by atoms with Crippen LogP contribution >= 0.6 is 0 Å². The number of benzene rings is 1. The SMILES string of the molecule is Cn1cnc2cc(C(=O)C(CC(=O)O)NC3CC3)ccc21. The van der Waals surface area contributed by atoms with Crippen molar-refractivity contribution >= 4 is 22.8 Å². The third-order valence-electron chi connectivity index (χ3n) is 3.72. The summed E-state index contributed by atoms with van der Waals surface area (Å²) in [6.07, 6.45) is 3.50. The molecule has 0 saturated heterocycles. The summed E-state index contributed by atoms with van der Waals surface area (Å²) in [7, 11) is 1.89. The fourth-order valence-electron chi connectivity index (χ4n) is 2.43. The van der Waals surface area contributed by atoms with E-state index in [1.54, 1.807) is 18.5 Å². The largest absolute Gasteiger partial charge is 0.481 e. The maximum absolute atomic E-state index is 12.5. The number of carbonyl (C=O) groups is 2. The molecule has 6 heteroatoms. The Morgan fingerprint density at radius 2 is 2.24 bits per heavy atom. The molecule has 110 valence electrons. The fourth-order valence-corrected chi connectivity index (χ4v) is 2.43. The van der Waals surface area contributed by atoms with E-state index in [9.17, 15) is 9.59 Å². The number of imidazole rings is 1. The van der Waals surface area contributed by atoms with Crippen LogP contribution in [0.2, 0.25) is 0 Å². The van der Waals surface area contributed by atoms with Gasteiger partial charge in [0.15, 0.2) is 5.78 Å². The number of carboxylic acid groups (broad SMARTS) is 1. The van der Waals surface area contributed by atoms with Crippen molar-refractivity contribution in [2.75, 3.05) is 0 Å².